The Hall–Kier alpha value is -1.22. The fourth-order valence-electron chi connectivity index (χ4n) is 2.03. The largest absolute Gasteiger partial charge is 0.480 e. The topological polar surface area (TPSA) is 96.8 Å². The second-order valence-corrected chi connectivity index (χ2v) is 7.64. The van der Waals surface area contributed by atoms with Crippen LogP contribution in [-0.2, 0) is 19.6 Å². The Labute approximate surface area is 127 Å². The van der Waals surface area contributed by atoms with Gasteiger partial charge in [0.2, 0.25) is 10.0 Å². The minimum Gasteiger partial charge on any atom is -0.480 e. The summed E-state index contributed by atoms with van der Waals surface area (Å²) in [4.78, 5) is 14.9. The van der Waals surface area contributed by atoms with Crippen molar-refractivity contribution in [2.75, 3.05) is 13.2 Å². The van der Waals surface area contributed by atoms with Crippen LogP contribution in [0.25, 0.3) is 0 Å². The van der Waals surface area contributed by atoms with E-state index < -0.39 is 27.6 Å². The summed E-state index contributed by atoms with van der Waals surface area (Å²) in [5, 5.41) is 9.38. The van der Waals surface area contributed by atoms with E-state index in [1.165, 1.54) is 12.3 Å². The van der Waals surface area contributed by atoms with E-state index in [1.54, 1.807) is 13.8 Å². The molecule has 0 saturated carbocycles. The molecule has 0 aliphatic carbocycles. The first-order valence-corrected chi connectivity index (χ1v) is 7.94. The molecule has 1 aromatic heterocycles. The number of morpholine rings is 1. The van der Waals surface area contributed by atoms with Gasteiger partial charge in [-0.05, 0) is 19.9 Å². The zero-order chi connectivity index (χ0) is 15.8. The molecule has 1 aliphatic rings. The number of carboxylic acid groups (broad SMARTS) is 1. The van der Waals surface area contributed by atoms with E-state index in [4.69, 9.17) is 16.3 Å². The van der Waals surface area contributed by atoms with Crippen molar-refractivity contribution in [1.82, 2.24) is 9.29 Å². The molecule has 1 saturated heterocycles. The number of carbonyl (C=O) groups is 1. The van der Waals surface area contributed by atoms with Crippen LogP contribution in [0.5, 0.6) is 0 Å². The minimum atomic E-state index is -4.02. The van der Waals surface area contributed by atoms with Gasteiger partial charge in [-0.25, -0.2) is 8.42 Å². The van der Waals surface area contributed by atoms with Crippen molar-refractivity contribution in [2.45, 2.75) is 30.4 Å². The molecule has 1 unspecified atom stereocenters. The lowest BCUT2D eigenvalue weighted by atomic mass is 10.1. The Balaban J connectivity index is 2.46. The van der Waals surface area contributed by atoms with E-state index in [0.717, 1.165) is 10.5 Å². The summed E-state index contributed by atoms with van der Waals surface area (Å²) in [6.07, 6.45) is 2.45. The van der Waals surface area contributed by atoms with Crippen molar-refractivity contribution in [3.63, 3.8) is 0 Å². The lowest BCUT2D eigenvalue weighted by Crippen LogP contribution is -2.58. The molecule has 1 fully saturated rings. The number of pyridine rings is 1. The number of carboxylic acids is 1. The number of hydrogen-bond donors (Lipinski definition) is 1. The molecule has 9 heteroatoms. The second kappa shape index (κ2) is 5.53. The van der Waals surface area contributed by atoms with Crippen molar-refractivity contribution >= 4 is 27.6 Å². The van der Waals surface area contributed by atoms with Crippen molar-refractivity contribution in [1.29, 1.82) is 0 Å². The van der Waals surface area contributed by atoms with E-state index in [9.17, 15) is 18.3 Å². The molecule has 0 radical (unpaired) electrons. The number of ether oxygens (including phenoxy) is 1. The Morgan fingerprint density at radius 3 is 2.76 bits per heavy atom. The first kappa shape index (κ1) is 16.2. The van der Waals surface area contributed by atoms with Gasteiger partial charge in [0.05, 0.1) is 17.2 Å². The smallest absolute Gasteiger partial charge is 0.324 e. The van der Waals surface area contributed by atoms with Gasteiger partial charge < -0.3 is 9.84 Å². The zero-order valence-corrected chi connectivity index (χ0v) is 13.1. The number of hydrogen-bond acceptors (Lipinski definition) is 5. The Bertz CT molecular complexity index is 661. The van der Waals surface area contributed by atoms with E-state index in [2.05, 4.69) is 4.98 Å². The Morgan fingerprint density at radius 2 is 2.19 bits per heavy atom. The molecule has 0 bridgehead atoms. The van der Waals surface area contributed by atoms with Crippen molar-refractivity contribution in [3.8, 4) is 0 Å². The van der Waals surface area contributed by atoms with Gasteiger partial charge in [-0.15, -0.1) is 0 Å². The lowest BCUT2D eigenvalue weighted by Gasteiger charge is -2.40. The Kier molecular flexibility index (Phi) is 4.25. The lowest BCUT2D eigenvalue weighted by molar-refractivity contribution is -0.154. The molecule has 2 rings (SSSR count). The summed E-state index contributed by atoms with van der Waals surface area (Å²) in [7, 11) is -4.02. The summed E-state index contributed by atoms with van der Waals surface area (Å²) in [6, 6.07) is -0.0346. The third-order valence-electron chi connectivity index (χ3n) is 3.09. The average molecular weight is 335 g/mol. The first-order chi connectivity index (χ1) is 9.63. The van der Waals surface area contributed by atoms with Gasteiger partial charge in [0.15, 0.2) is 0 Å². The van der Waals surface area contributed by atoms with E-state index in [1.807, 2.05) is 0 Å². The first-order valence-electron chi connectivity index (χ1n) is 6.13. The number of sulfonamides is 1. The number of halogens is 1. The highest BCUT2D eigenvalue weighted by Crippen LogP contribution is 2.28. The third kappa shape index (κ3) is 3.34. The third-order valence-corrected chi connectivity index (χ3v) is 5.11. The van der Waals surface area contributed by atoms with Crippen molar-refractivity contribution < 1.29 is 23.1 Å². The fraction of sp³-hybridized carbons (Fsp3) is 0.500. The number of rotatable bonds is 3. The fourth-order valence-corrected chi connectivity index (χ4v) is 3.98. The number of aliphatic carboxylic acids is 1. The second-order valence-electron chi connectivity index (χ2n) is 5.31. The molecule has 0 aromatic carbocycles. The van der Waals surface area contributed by atoms with Crippen LogP contribution in [0.1, 0.15) is 13.8 Å². The van der Waals surface area contributed by atoms with Crippen molar-refractivity contribution in [3.05, 3.63) is 23.5 Å². The van der Waals surface area contributed by atoms with Crippen LogP contribution < -0.4 is 0 Å². The van der Waals surface area contributed by atoms with E-state index >= 15 is 0 Å². The monoisotopic (exact) mass is 334 g/mol. The van der Waals surface area contributed by atoms with Crippen LogP contribution in [-0.4, -0.2) is 53.6 Å². The molecule has 0 spiro atoms. The van der Waals surface area contributed by atoms with Crippen LogP contribution in [0.4, 0.5) is 0 Å². The van der Waals surface area contributed by atoms with E-state index in [0.29, 0.717) is 0 Å². The predicted octanol–water partition coefficient (Wildman–Crippen LogP) is 0.988. The van der Waals surface area contributed by atoms with Gasteiger partial charge in [-0.1, -0.05) is 11.6 Å². The summed E-state index contributed by atoms with van der Waals surface area (Å²) in [6.45, 7) is 3.11. The summed E-state index contributed by atoms with van der Waals surface area (Å²) in [5.74, 6) is -1.26. The molecular weight excluding hydrogens is 320 g/mol. The van der Waals surface area contributed by atoms with Crippen LogP contribution in [0.3, 0.4) is 0 Å². The van der Waals surface area contributed by atoms with Gasteiger partial charge in [0.25, 0.3) is 0 Å². The number of nitrogens with zero attached hydrogens (tertiary/aromatic N) is 2. The minimum absolute atomic E-state index is 0.0706. The molecule has 1 N–H and O–H groups in total. The average Bonchev–Trinajstić information content (AvgIpc) is 2.37. The highest BCUT2D eigenvalue weighted by atomic mass is 35.5. The van der Waals surface area contributed by atoms with Gasteiger partial charge in [0, 0.05) is 18.9 Å². The highest BCUT2D eigenvalue weighted by molar-refractivity contribution is 7.89. The molecular formula is C12H15ClN2O5S. The molecule has 1 aliphatic heterocycles. The molecule has 7 nitrogen and oxygen atoms in total. The van der Waals surface area contributed by atoms with Crippen LogP contribution in [0.15, 0.2) is 23.4 Å². The van der Waals surface area contributed by atoms with Crippen LogP contribution in [0.2, 0.25) is 5.02 Å². The van der Waals surface area contributed by atoms with Gasteiger partial charge in [-0.3, -0.25) is 9.78 Å². The molecule has 21 heavy (non-hydrogen) atoms. The maximum absolute atomic E-state index is 12.7. The van der Waals surface area contributed by atoms with Crippen molar-refractivity contribution in [2.24, 2.45) is 0 Å². The summed E-state index contributed by atoms with van der Waals surface area (Å²) < 4.78 is 31.6. The van der Waals surface area contributed by atoms with Crippen LogP contribution in [0, 0.1) is 0 Å². The number of aromatic nitrogens is 1. The van der Waals surface area contributed by atoms with Gasteiger partial charge >= 0.3 is 5.97 Å². The van der Waals surface area contributed by atoms with Crippen LogP contribution >= 0.6 is 11.6 Å². The normalized spacial score (nSPS) is 22.9. The Morgan fingerprint density at radius 1 is 1.52 bits per heavy atom. The molecule has 116 valence electrons. The predicted molar refractivity (Wildman–Crippen MR) is 74.6 cm³/mol. The van der Waals surface area contributed by atoms with Gasteiger partial charge in [-0.2, -0.15) is 4.31 Å². The quantitative estimate of drug-likeness (QED) is 0.885. The summed E-state index contributed by atoms with van der Waals surface area (Å²) in [5.41, 5.74) is -0.773. The zero-order valence-electron chi connectivity index (χ0n) is 11.5. The molecule has 0 amide bonds. The van der Waals surface area contributed by atoms with Gasteiger partial charge in [0.1, 0.15) is 10.9 Å². The summed E-state index contributed by atoms with van der Waals surface area (Å²) >= 11 is 5.76. The molecule has 1 atom stereocenters. The van der Waals surface area contributed by atoms with E-state index in [-0.39, 0.29) is 23.1 Å². The highest BCUT2D eigenvalue weighted by Gasteiger charge is 2.44. The maximum Gasteiger partial charge on any atom is 0.324 e. The maximum atomic E-state index is 12.7. The standard InChI is InChI=1S/C12H15ClN2O5S/c1-12(2)7-15(10(6-20-12)11(16)17)21(18,19)9-3-8(13)4-14-5-9/h3-5,10H,6-7H2,1-2H3,(H,16,17). The molecule has 2 heterocycles. The SMILES string of the molecule is CC1(C)CN(S(=O)(=O)c2cncc(Cl)c2)C(C(=O)O)CO1. The molecule has 1 aromatic rings.